The number of hydrogen-bond donors (Lipinski definition) is 3. The highest BCUT2D eigenvalue weighted by Gasteiger charge is 2.26. The Morgan fingerprint density at radius 1 is 1.24 bits per heavy atom. The molecular formula is C22H24BClN4O8S. The first-order valence-electron chi connectivity index (χ1n) is 10.6. The van der Waals surface area contributed by atoms with Crippen molar-refractivity contribution in [1.29, 1.82) is 0 Å². The number of carboxylic acid groups (broad SMARTS) is 1. The molecule has 3 N–H and O–H groups in total. The summed E-state index contributed by atoms with van der Waals surface area (Å²) in [5.41, 5.74) is 0.143. The Morgan fingerprint density at radius 2 is 1.92 bits per heavy atom. The third-order valence-electron chi connectivity index (χ3n) is 4.56. The minimum absolute atomic E-state index is 0.0358. The molecule has 0 aliphatic heterocycles. The summed E-state index contributed by atoms with van der Waals surface area (Å²) in [6, 6.07) is 3.23. The number of carboxylic acids is 1. The Bertz CT molecular complexity index is 1230. The first-order valence-corrected chi connectivity index (χ1v) is 11.9. The second-order valence-corrected chi connectivity index (χ2v) is 9.76. The second-order valence-electron chi connectivity index (χ2n) is 8.52. The van der Waals surface area contributed by atoms with Crippen LogP contribution in [0.2, 0.25) is 5.02 Å². The van der Waals surface area contributed by atoms with Crippen LogP contribution in [0.5, 0.6) is 0 Å². The van der Waals surface area contributed by atoms with E-state index < -0.39 is 47.9 Å². The van der Waals surface area contributed by atoms with E-state index in [9.17, 15) is 24.3 Å². The summed E-state index contributed by atoms with van der Waals surface area (Å²) in [7, 11) is 4.93. The fourth-order valence-corrected chi connectivity index (χ4v) is 3.60. The average molecular weight is 551 g/mol. The second kappa shape index (κ2) is 12.5. The van der Waals surface area contributed by atoms with Crippen LogP contribution in [0.25, 0.3) is 0 Å². The van der Waals surface area contributed by atoms with Crippen LogP contribution in [-0.4, -0.2) is 66.0 Å². The largest absolute Gasteiger partial charge is 0.541 e. The molecule has 2 rings (SSSR count). The van der Waals surface area contributed by atoms with E-state index in [2.05, 4.69) is 25.4 Å². The zero-order chi connectivity index (χ0) is 27.9. The summed E-state index contributed by atoms with van der Waals surface area (Å²) in [6.45, 7) is 8.13. The highest BCUT2D eigenvalue weighted by molar-refractivity contribution is 7.14. The Hall–Kier alpha value is -3.65. The Kier molecular flexibility index (Phi) is 10.0. The van der Waals surface area contributed by atoms with Crippen LogP contribution in [0, 0.1) is 13.8 Å². The van der Waals surface area contributed by atoms with Crippen molar-refractivity contribution in [3.05, 3.63) is 44.9 Å². The van der Waals surface area contributed by atoms with Gasteiger partial charge in [-0.3, -0.25) is 10.1 Å². The molecule has 0 fully saturated rings. The van der Waals surface area contributed by atoms with Gasteiger partial charge in [-0.05, 0) is 51.8 Å². The van der Waals surface area contributed by atoms with Gasteiger partial charge in [0.2, 0.25) is 11.8 Å². The minimum atomic E-state index is -1.60. The SMILES string of the molecule is [B]OC(=O)C(CNC(=O)c1ccc(C)c(C)c1Cl)O/N=C(\C(=O)O)c1csc(NC(=O)OC(C)(C)C)n1. The van der Waals surface area contributed by atoms with Gasteiger partial charge in [0.15, 0.2) is 5.13 Å². The predicted octanol–water partition coefficient (Wildman–Crippen LogP) is 2.99. The summed E-state index contributed by atoms with van der Waals surface area (Å²) in [6.07, 6.45) is -2.39. The topological polar surface area (TPSA) is 166 Å². The minimum Gasteiger partial charge on any atom is -0.541 e. The first kappa shape index (κ1) is 29.6. The average Bonchev–Trinajstić information content (AvgIpc) is 3.25. The highest BCUT2D eigenvalue weighted by Crippen LogP contribution is 2.23. The van der Waals surface area contributed by atoms with Crippen molar-refractivity contribution in [2.45, 2.75) is 46.3 Å². The van der Waals surface area contributed by atoms with Crippen LogP contribution < -0.4 is 10.6 Å². The van der Waals surface area contributed by atoms with E-state index in [0.717, 1.165) is 16.9 Å². The van der Waals surface area contributed by atoms with Crippen LogP contribution in [0.3, 0.4) is 0 Å². The molecule has 12 nitrogen and oxygen atoms in total. The first-order chi connectivity index (χ1) is 17.2. The summed E-state index contributed by atoms with van der Waals surface area (Å²) < 4.78 is 9.28. The number of nitrogens with one attached hydrogen (secondary N) is 2. The lowest BCUT2D eigenvalue weighted by atomic mass is 10.1. The molecule has 1 aromatic heterocycles. The van der Waals surface area contributed by atoms with Crippen LogP contribution in [0.1, 0.15) is 48.0 Å². The lowest BCUT2D eigenvalue weighted by Gasteiger charge is -2.18. The van der Waals surface area contributed by atoms with E-state index in [1.165, 1.54) is 11.4 Å². The number of aromatic nitrogens is 1. The number of amides is 2. The molecule has 0 bridgehead atoms. The molecule has 0 saturated carbocycles. The predicted molar refractivity (Wildman–Crippen MR) is 136 cm³/mol. The van der Waals surface area contributed by atoms with Crippen molar-refractivity contribution < 1.29 is 38.5 Å². The number of carbonyl (C=O) groups is 4. The quantitative estimate of drug-likeness (QED) is 0.242. The maximum atomic E-state index is 12.6. The standard InChI is InChI=1S/C22H24BClN4O8S/c1-10-6-7-12(15(24)11(10)2)17(29)25-8-14(19(32)35-23)36-28-16(18(30)31)13-9-37-20(26-13)27-21(33)34-22(3,4)5/h6-7,9,14H,8H2,1-5H3,(H,25,29)(H,30,31)(H,26,27,33)/b28-16-. The molecular weight excluding hydrogens is 527 g/mol. The summed E-state index contributed by atoms with van der Waals surface area (Å²) in [5.74, 6) is -3.29. The summed E-state index contributed by atoms with van der Waals surface area (Å²) in [4.78, 5) is 57.3. The molecule has 0 saturated heterocycles. The van der Waals surface area contributed by atoms with Crippen LogP contribution in [0.15, 0.2) is 22.7 Å². The Balaban J connectivity index is 2.16. The molecule has 196 valence electrons. The number of anilines is 1. The van der Waals surface area contributed by atoms with Crippen molar-refractivity contribution >= 4 is 65.8 Å². The van der Waals surface area contributed by atoms with Gasteiger partial charge in [0, 0.05) is 5.38 Å². The fraction of sp³-hybridized carbons (Fsp3) is 0.364. The molecule has 1 unspecified atom stereocenters. The number of carbonyl (C=O) groups excluding carboxylic acids is 3. The van der Waals surface area contributed by atoms with E-state index >= 15 is 0 Å². The van der Waals surface area contributed by atoms with Gasteiger partial charge in [0.25, 0.3) is 5.91 Å². The van der Waals surface area contributed by atoms with E-state index in [-0.39, 0.29) is 21.4 Å². The van der Waals surface area contributed by atoms with Crippen molar-refractivity contribution in [2.24, 2.45) is 5.16 Å². The number of ether oxygens (including phenoxy) is 1. The van der Waals surface area contributed by atoms with Crippen LogP contribution in [0.4, 0.5) is 9.93 Å². The number of benzene rings is 1. The summed E-state index contributed by atoms with van der Waals surface area (Å²) >= 11 is 7.14. The highest BCUT2D eigenvalue weighted by atomic mass is 35.5. The van der Waals surface area contributed by atoms with Crippen LogP contribution in [-0.2, 0) is 23.8 Å². The molecule has 0 aliphatic carbocycles. The maximum absolute atomic E-state index is 12.6. The van der Waals surface area contributed by atoms with Crippen molar-refractivity contribution in [3.8, 4) is 0 Å². The van der Waals surface area contributed by atoms with Crippen molar-refractivity contribution in [3.63, 3.8) is 0 Å². The Morgan fingerprint density at radius 3 is 2.51 bits per heavy atom. The summed E-state index contributed by atoms with van der Waals surface area (Å²) in [5, 5.41) is 19.4. The monoisotopic (exact) mass is 550 g/mol. The van der Waals surface area contributed by atoms with E-state index in [1.54, 1.807) is 33.8 Å². The molecule has 0 aliphatic rings. The lowest BCUT2D eigenvalue weighted by molar-refractivity contribution is -0.147. The number of thiazole rings is 1. The number of aryl methyl sites for hydroxylation is 1. The van der Waals surface area contributed by atoms with Crippen LogP contribution >= 0.6 is 22.9 Å². The number of oxime groups is 1. The number of rotatable bonds is 9. The van der Waals surface area contributed by atoms with Crippen molar-refractivity contribution in [2.75, 3.05) is 11.9 Å². The zero-order valence-electron chi connectivity index (χ0n) is 20.6. The van der Waals surface area contributed by atoms with Gasteiger partial charge in [-0.15, -0.1) is 11.3 Å². The smallest absolute Gasteiger partial charge is 0.413 e. The fourth-order valence-electron chi connectivity index (χ4n) is 2.62. The molecule has 1 heterocycles. The molecule has 37 heavy (non-hydrogen) atoms. The van der Waals surface area contributed by atoms with E-state index in [0.29, 0.717) is 5.56 Å². The normalized spacial score (nSPS) is 12.3. The lowest BCUT2D eigenvalue weighted by Crippen LogP contribution is -2.39. The molecule has 1 atom stereocenters. The van der Waals surface area contributed by atoms with Gasteiger partial charge in [0.1, 0.15) is 11.3 Å². The molecule has 1 aromatic carbocycles. The molecule has 0 spiro atoms. The van der Waals surface area contributed by atoms with E-state index in [1.807, 2.05) is 6.92 Å². The third kappa shape index (κ3) is 8.46. The van der Waals surface area contributed by atoms with E-state index in [4.69, 9.17) is 29.2 Å². The van der Waals surface area contributed by atoms with Gasteiger partial charge in [0.05, 0.1) is 17.1 Å². The molecule has 15 heteroatoms. The van der Waals surface area contributed by atoms with Gasteiger partial charge >= 0.3 is 26.1 Å². The van der Waals surface area contributed by atoms with Gasteiger partial charge in [-0.25, -0.2) is 19.4 Å². The van der Waals surface area contributed by atoms with Gasteiger partial charge in [-0.2, -0.15) is 0 Å². The number of nitrogens with zero attached hydrogens (tertiary/aromatic N) is 2. The Labute approximate surface area is 222 Å². The number of hydrogen-bond acceptors (Lipinski definition) is 10. The van der Waals surface area contributed by atoms with Crippen molar-refractivity contribution in [1.82, 2.24) is 10.3 Å². The third-order valence-corrected chi connectivity index (χ3v) is 5.80. The zero-order valence-corrected chi connectivity index (χ0v) is 22.2. The molecule has 2 radical (unpaired) electrons. The number of aliphatic carboxylic acids is 1. The maximum Gasteiger partial charge on any atom is 0.413 e. The van der Waals surface area contributed by atoms with Gasteiger partial charge < -0.3 is 24.7 Å². The number of halogens is 1. The molecule has 2 aromatic rings. The van der Waals surface area contributed by atoms with Gasteiger partial charge in [-0.1, -0.05) is 22.8 Å². The molecule has 2 amide bonds.